The maximum Gasteiger partial charge on any atom is 0.258 e. The summed E-state index contributed by atoms with van der Waals surface area (Å²) in [7, 11) is 0. The van der Waals surface area contributed by atoms with E-state index < -0.39 is 0 Å². The standard InChI is InChI=1S/C19H25NO3/c1-4-16-18(15-7-5-6-8-17(15)23-16)19(21)20(13(2)3)14-9-11-22-12-10-14/h5-8,13-14H,4,9-12H2,1-3H3. The van der Waals surface area contributed by atoms with Gasteiger partial charge >= 0.3 is 0 Å². The number of ether oxygens (including phenoxy) is 1. The Balaban J connectivity index is 2.03. The molecule has 4 heteroatoms. The van der Waals surface area contributed by atoms with Crippen molar-refractivity contribution in [2.24, 2.45) is 0 Å². The zero-order valence-corrected chi connectivity index (χ0v) is 14.2. The average Bonchev–Trinajstić information content (AvgIpc) is 2.94. The molecule has 0 unspecified atom stereocenters. The topological polar surface area (TPSA) is 42.7 Å². The smallest absolute Gasteiger partial charge is 0.258 e. The van der Waals surface area contributed by atoms with Crippen LogP contribution in [0.15, 0.2) is 28.7 Å². The number of aryl methyl sites for hydroxylation is 1. The maximum absolute atomic E-state index is 13.4. The Morgan fingerprint density at radius 3 is 2.61 bits per heavy atom. The normalized spacial score (nSPS) is 16.2. The van der Waals surface area contributed by atoms with Gasteiger partial charge in [-0.2, -0.15) is 0 Å². The molecule has 0 bridgehead atoms. The van der Waals surface area contributed by atoms with Crippen LogP contribution in [0, 0.1) is 0 Å². The highest BCUT2D eigenvalue weighted by atomic mass is 16.5. The molecule has 23 heavy (non-hydrogen) atoms. The predicted octanol–water partition coefficient (Wildman–Crippen LogP) is 4.02. The second kappa shape index (κ2) is 6.75. The highest BCUT2D eigenvalue weighted by Crippen LogP contribution is 2.30. The number of benzene rings is 1. The van der Waals surface area contributed by atoms with Crippen LogP contribution in [0.25, 0.3) is 11.0 Å². The Morgan fingerprint density at radius 2 is 1.96 bits per heavy atom. The Morgan fingerprint density at radius 1 is 1.26 bits per heavy atom. The van der Waals surface area contributed by atoms with Crippen molar-refractivity contribution >= 4 is 16.9 Å². The first-order chi connectivity index (χ1) is 11.1. The van der Waals surface area contributed by atoms with Crippen molar-refractivity contribution < 1.29 is 13.9 Å². The summed E-state index contributed by atoms with van der Waals surface area (Å²) in [5, 5.41) is 0.923. The summed E-state index contributed by atoms with van der Waals surface area (Å²) in [5.74, 6) is 0.877. The number of furan rings is 1. The number of para-hydroxylation sites is 1. The second-order valence-electron chi connectivity index (χ2n) is 6.40. The van der Waals surface area contributed by atoms with Gasteiger partial charge in [0.1, 0.15) is 11.3 Å². The summed E-state index contributed by atoms with van der Waals surface area (Å²) in [4.78, 5) is 15.4. The highest BCUT2D eigenvalue weighted by Gasteiger charge is 2.32. The Labute approximate surface area is 137 Å². The monoisotopic (exact) mass is 315 g/mol. The van der Waals surface area contributed by atoms with Crippen molar-refractivity contribution in [2.75, 3.05) is 13.2 Å². The minimum absolute atomic E-state index is 0.0914. The van der Waals surface area contributed by atoms with Gasteiger partial charge in [0.25, 0.3) is 5.91 Å². The van der Waals surface area contributed by atoms with Gasteiger partial charge in [0.05, 0.1) is 5.56 Å². The van der Waals surface area contributed by atoms with E-state index in [1.807, 2.05) is 36.1 Å². The number of fused-ring (bicyclic) bond motifs is 1. The molecule has 0 atom stereocenters. The molecule has 1 aliphatic rings. The summed E-state index contributed by atoms with van der Waals surface area (Å²) < 4.78 is 11.4. The van der Waals surface area contributed by atoms with Gasteiger partial charge in [0.15, 0.2) is 0 Å². The van der Waals surface area contributed by atoms with Crippen LogP contribution in [-0.2, 0) is 11.2 Å². The molecule has 1 aromatic heterocycles. The largest absolute Gasteiger partial charge is 0.460 e. The lowest BCUT2D eigenvalue weighted by Crippen LogP contribution is -2.47. The molecule has 0 aliphatic carbocycles. The fourth-order valence-electron chi connectivity index (χ4n) is 3.49. The first-order valence-corrected chi connectivity index (χ1v) is 8.54. The zero-order valence-electron chi connectivity index (χ0n) is 14.2. The SMILES string of the molecule is CCc1oc2ccccc2c1C(=O)N(C(C)C)C1CCOCC1. The van der Waals surface area contributed by atoms with Gasteiger partial charge in [0, 0.05) is 37.1 Å². The van der Waals surface area contributed by atoms with E-state index in [0.29, 0.717) is 0 Å². The van der Waals surface area contributed by atoms with Crippen LogP contribution in [0.2, 0.25) is 0 Å². The van der Waals surface area contributed by atoms with E-state index in [1.165, 1.54) is 0 Å². The van der Waals surface area contributed by atoms with Crippen LogP contribution >= 0.6 is 0 Å². The van der Waals surface area contributed by atoms with Gasteiger partial charge in [-0.1, -0.05) is 25.1 Å². The van der Waals surface area contributed by atoms with Gasteiger partial charge < -0.3 is 14.1 Å². The van der Waals surface area contributed by atoms with Crippen molar-refractivity contribution in [3.8, 4) is 0 Å². The van der Waals surface area contributed by atoms with E-state index >= 15 is 0 Å². The maximum atomic E-state index is 13.4. The third kappa shape index (κ3) is 3.00. The molecule has 1 aliphatic heterocycles. The molecular weight excluding hydrogens is 290 g/mol. The van der Waals surface area contributed by atoms with Crippen LogP contribution in [0.3, 0.4) is 0 Å². The lowest BCUT2D eigenvalue weighted by Gasteiger charge is -2.37. The molecular formula is C19H25NO3. The lowest BCUT2D eigenvalue weighted by atomic mass is 10.0. The van der Waals surface area contributed by atoms with Crippen LogP contribution in [0.4, 0.5) is 0 Å². The van der Waals surface area contributed by atoms with Gasteiger partial charge in [-0.3, -0.25) is 4.79 Å². The molecule has 0 spiro atoms. The van der Waals surface area contributed by atoms with Crippen LogP contribution < -0.4 is 0 Å². The van der Waals surface area contributed by atoms with Gasteiger partial charge in [-0.15, -0.1) is 0 Å². The quantitative estimate of drug-likeness (QED) is 0.855. The van der Waals surface area contributed by atoms with Crippen molar-refractivity contribution in [3.63, 3.8) is 0 Å². The van der Waals surface area contributed by atoms with E-state index in [9.17, 15) is 4.79 Å². The zero-order chi connectivity index (χ0) is 16.4. The van der Waals surface area contributed by atoms with E-state index in [0.717, 1.165) is 54.8 Å². The van der Waals surface area contributed by atoms with E-state index in [1.54, 1.807) is 0 Å². The number of nitrogens with zero attached hydrogens (tertiary/aromatic N) is 1. The van der Waals surface area contributed by atoms with E-state index in [2.05, 4.69) is 13.8 Å². The molecule has 124 valence electrons. The first kappa shape index (κ1) is 16.1. The predicted molar refractivity (Wildman–Crippen MR) is 90.7 cm³/mol. The van der Waals surface area contributed by atoms with Crippen LogP contribution in [0.5, 0.6) is 0 Å². The minimum Gasteiger partial charge on any atom is -0.460 e. The third-order valence-electron chi connectivity index (χ3n) is 4.58. The highest BCUT2D eigenvalue weighted by molar-refractivity contribution is 6.07. The fraction of sp³-hybridized carbons (Fsp3) is 0.526. The number of hydrogen-bond acceptors (Lipinski definition) is 3. The molecule has 3 rings (SSSR count). The van der Waals surface area contributed by atoms with Gasteiger partial charge in [-0.05, 0) is 32.8 Å². The van der Waals surface area contributed by atoms with Crippen molar-refractivity contribution in [3.05, 3.63) is 35.6 Å². The van der Waals surface area contributed by atoms with Crippen molar-refractivity contribution in [2.45, 2.75) is 52.1 Å². The number of rotatable bonds is 4. The van der Waals surface area contributed by atoms with E-state index in [4.69, 9.17) is 9.15 Å². The number of carbonyl (C=O) groups excluding carboxylic acids is 1. The summed E-state index contributed by atoms with van der Waals surface area (Å²) in [6, 6.07) is 8.21. The van der Waals surface area contributed by atoms with Crippen molar-refractivity contribution in [1.82, 2.24) is 4.90 Å². The summed E-state index contributed by atoms with van der Waals surface area (Å²) in [5.41, 5.74) is 1.53. The van der Waals surface area contributed by atoms with Crippen LogP contribution in [-0.4, -0.2) is 36.1 Å². The lowest BCUT2D eigenvalue weighted by molar-refractivity contribution is 0.0206. The second-order valence-corrected chi connectivity index (χ2v) is 6.40. The molecule has 2 aromatic rings. The number of hydrogen-bond donors (Lipinski definition) is 0. The van der Waals surface area contributed by atoms with Gasteiger partial charge in [-0.25, -0.2) is 0 Å². The molecule has 0 saturated carbocycles. The molecule has 1 amide bonds. The molecule has 2 heterocycles. The fourth-order valence-corrected chi connectivity index (χ4v) is 3.49. The first-order valence-electron chi connectivity index (χ1n) is 8.54. The van der Waals surface area contributed by atoms with Crippen molar-refractivity contribution in [1.29, 1.82) is 0 Å². The molecule has 1 saturated heterocycles. The molecule has 0 N–H and O–H groups in total. The van der Waals surface area contributed by atoms with E-state index in [-0.39, 0.29) is 18.0 Å². The Bertz CT molecular complexity index is 683. The molecule has 0 radical (unpaired) electrons. The molecule has 4 nitrogen and oxygen atoms in total. The summed E-state index contributed by atoms with van der Waals surface area (Å²) in [6.07, 6.45) is 2.53. The average molecular weight is 315 g/mol. The minimum atomic E-state index is 0.0914. The Hall–Kier alpha value is -1.81. The summed E-state index contributed by atoms with van der Waals surface area (Å²) in [6.45, 7) is 7.66. The molecule has 1 aromatic carbocycles. The van der Waals surface area contributed by atoms with Gasteiger partial charge in [0.2, 0.25) is 0 Å². The summed E-state index contributed by atoms with van der Waals surface area (Å²) >= 11 is 0. The number of amides is 1. The number of carbonyl (C=O) groups is 1. The molecule has 1 fully saturated rings. The van der Waals surface area contributed by atoms with Crippen LogP contribution in [0.1, 0.15) is 49.7 Å². The third-order valence-corrected chi connectivity index (χ3v) is 4.58. The Kier molecular flexibility index (Phi) is 4.71.